The number of nitrogens with two attached hydrogens (primary N) is 1. The SMILES string of the molecule is Cc1cn(N=Cc2ccc(C)c(C(F)(F)F)c2)c(N)n1. The highest BCUT2D eigenvalue weighted by molar-refractivity contribution is 5.80. The highest BCUT2D eigenvalue weighted by atomic mass is 19.4. The number of nitrogen functional groups attached to an aromatic ring is 1. The van der Waals surface area contributed by atoms with Crippen LogP contribution in [0.25, 0.3) is 0 Å². The average Bonchev–Trinajstić information content (AvgIpc) is 2.65. The molecule has 106 valence electrons. The minimum Gasteiger partial charge on any atom is -0.368 e. The molecular formula is C13H13F3N4. The Balaban J connectivity index is 2.33. The van der Waals surface area contributed by atoms with Crippen LogP contribution in [0.3, 0.4) is 0 Å². The summed E-state index contributed by atoms with van der Waals surface area (Å²) in [6.07, 6.45) is -1.48. The van der Waals surface area contributed by atoms with Gasteiger partial charge in [-0.25, -0.2) is 9.66 Å². The summed E-state index contributed by atoms with van der Waals surface area (Å²) in [5.41, 5.74) is 6.11. The van der Waals surface area contributed by atoms with Gasteiger partial charge in [-0.15, -0.1) is 0 Å². The Morgan fingerprint density at radius 2 is 2.00 bits per heavy atom. The van der Waals surface area contributed by atoms with Crippen LogP contribution in [0.4, 0.5) is 19.1 Å². The van der Waals surface area contributed by atoms with Crippen molar-refractivity contribution in [3.05, 3.63) is 46.8 Å². The van der Waals surface area contributed by atoms with Crippen LogP contribution in [0.1, 0.15) is 22.4 Å². The summed E-state index contributed by atoms with van der Waals surface area (Å²) < 4.78 is 39.6. The zero-order chi connectivity index (χ0) is 14.9. The number of halogens is 3. The molecule has 0 radical (unpaired) electrons. The van der Waals surface area contributed by atoms with E-state index in [9.17, 15) is 13.2 Å². The van der Waals surface area contributed by atoms with Crippen LogP contribution in [0, 0.1) is 13.8 Å². The maximum absolute atomic E-state index is 12.8. The molecular weight excluding hydrogens is 269 g/mol. The Kier molecular flexibility index (Phi) is 3.52. The number of hydrogen-bond acceptors (Lipinski definition) is 3. The van der Waals surface area contributed by atoms with Crippen molar-refractivity contribution >= 4 is 12.2 Å². The molecule has 2 aromatic rings. The Bertz CT molecular complexity index is 656. The molecule has 0 amide bonds. The number of hydrogen-bond donors (Lipinski definition) is 1. The second kappa shape index (κ2) is 4.99. The minimum absolute atomic E-state index is 0.174. The van der Waals surface area contributed by atoms with E-state index in [1.165, 1.54) is 23.9 Å². The Morgan fingerprint density at radius 3 is 2.55 bits per heavy atom. The molecule has 0 aliphatic heterocycles. The largest absolute Gasteiger partial charge is 0.416 e. The van der Waals surface area contributed by atoms with Crippen molar-refractivity contribution in [3.63, 3.8) is 0 Å². The van der Waals surface area contributed by atoms with Gasteiger partial charge in [-0.05, 0) is 31.0 Å². The van der Waals surface area contributed by atoms with E-state index in [-0.39, 0.29) is 11.5 Å². The standard InChI is InChI=1S/C13H13F3N4/c1-8-3-4-10(5-11(8)13(14,15)16)6-18-20-7-9(2)19-12(20)17/h3-7H,1-2H3,(H2,17,19). The predicted octanol–water partition coefficient (Wildman–Crippen LogP) is 2.98. The van der Waals surface area contributed by atoms with Crippen LogP contribution in [0.15, 0.2) is 29.5 Å². The van der Waals surface area contributed by atoms with Crippen molar-refractivity contribution in [2.45, 2.75) is 20.0 Å². The minimum atomic E-state index is -4.38. The number of aryl methyl sites for hydroxylation is 2. The lowest BCUT2D eigenvalue weighted by Gasteiger charge is -2.10. The maximum atomic E-state index is 12.8. The van der Waals surface area contributed by atoms with Crippen molar-refractivity contribution in [2.75, 3.05) is 5.73 Å². The van der Waals surface area contributed by atoms with E-state index < -0.39 is 11.7 Å². The molecule has 1 aromatic heterocycles. The van der Waals surface area contributed by atoms with Crippen molar-refractivity contribution in [1.29, 1.82) is 0 Å². The molecule has 0 spiro atoms. The van der Waals surface area contributed by atoms with E-state index in [0.29, 0.717) is 11.3 Å². The molecule has 0 aliphatic carbocycles. The number of imidazole rings is 1. The summed E-state index contributed by atoms with van der Waals surface area (Å²) in [5.74, 6) is 0.182. The number of aromatic nitrogens is 2. The van der Waals surface area contributed by atoms with Gasteiger partial charge in [-0.2, -0.15) is 18.3 Å². The summed E-state index contributed by atoms with van der Waals surface area (Å²) in [4.78, 5) is 3.94. The van der Waals surface area contributed by atoms with Crippen LogP contribution in [0.2, 0.25) is 0 Å². The fraction of sp³-hybridized carbons (Fsp3) is 0.231. The first-order valence-electron chi connectivity index (χ1n) is 5.81. The van der Waals surface area contributed by atoms with Crippen LogP contribution in [0.5, 0.6) is 0 Å². The molecule has 7 heteroatoms. The topological polar surface area (TPSA) is 56.2 Å². The first kappa shape index (κ1) is 14.1. The van der Waals surface area contributed by atoms with E-state index in [2.05, 4.69) is 10.1 Å². The fourth-order valence-electron chi connectivity index (χ4n) is 1.75. The molecule has 0 atom stereocenters. The molecule has 0 saturated heterocycles. The highest BCUT2D eigenvalue weighted by Crippen LogP contribution is 2.32. The van der Waals surface area contributed by atoms with Crippen molar-refractivity contribution in [1.82, 2.24) is 9.66 Å². The van der Waals surface area contributed by atoms with Gasteiger partial charge >= 0.3 is 6.18 Å². The van der Waals surface area contributed by atoms with Gasteiger partial charge in [0.25, 0.3) is 0 Å². The van der Waals surface area contributed by atoms with Crippen molar-refractivity contribution in [3.8, 4) is 0 Å². The van der Waals surface area contributed by atoms with Crippen LogP contribution in [-0.2, 0) is 6.18 Å². The van der Waals surface area contributed by atoms with Crippen LogP contribution >= 0.6 is 0 Å². The normalized spacial score (nSPS) is 12.2. The van der Waals surface area contributed by atoms with Gasteiger partial charge in [0, 0.05) is 0 Å². The van der Waals surface area contributed by atoms with E-state index >= 15 is 0 Å². The lowest BCUT2D eigenvalue weighted by molar-refractivity contribution is -0.138. The third-order valence-electron chi connectivity index (χ3n) is 2.73. The first-order chi connectivity index (χ1) is 9.27. The van der Waals surface area contributed by atoms with Gasteiger partial charge < -0.3 is 5.73 Å². The average molecular weight is 282 g/mol. The van der Waals surface area contributed by atoms with Crippen molar-refractivity contribution in [2.24, 2.45) is 5.10 Å². The smallest absolute Gasteiger partial charge is 0.368 e. The summed E-state index contributed by atoms with van der Waals surface area (Å²) >= 11 is 0. The maximum Gasteiger partial charge on any atom is 0.416 e. The molecule has 1 aromatic carbocycles. The van der Waals surface area contributed by atoms with E-state index in [4.69, 9.17) is 5.73 Å². The summed E-state index contributed by atoms with van der Waals surface area (Å²) in [5, 5.41) is 3.99. The number of benzene rings is 1. The van der Waals surface area contributed by atoms with Crippen molar-refractivity contribution < 1.29 is 13.2 Å². The third kappa shape index (κ3) is 2.98. The van der Waals surface area contributed by atoms with Gasteiger partial charge in [-0.1, -0.05) is 12.1 Å². The number of nitrogens with zero attached hydrogens (tertiary/aromatic N) is 3. The van der Waals surface area contributed by atoms with Gasteiger partial charge in [0.1, 0.15) is 0 Å². The van der Waals surface area contributed by atoms with E-state index in [1.807, 2.05) is 0 Å². The van der Waals surface area contributed by atoms with Gasteiger partial charge in [0.05, 0.1) is 23.7 Å². The molecule has 0 unspecified atom stereocenters. The highest BCUT2D eigenvalue weighted by Gasteiger charge is 2.32. The number of alkyl halides is 3. The predicted molar refractivity (Wildman–Crippen MR) is 70.5 cm³/mol. The summed E-state index contributed by atoms with van der Waals surface area (Å²) in [7, 11) is 0. The molecule has 20 heavy (non-hydrogen) atoms. The molecule has 0 saturated carbocycles. The Labute approximate surface area is 113 Å². The Morgan fingerprint density at radius 1 is 1.30 bits per heavy atom. The van der Waals surface area contributed by atoms with Gasteiger partial charge in [0.2, 0.25) is 5.95 Å². The summed E-state index contributed by atoms with van der Waals surface area (Å²) in [6, 6.07) is 4.03. The second-order valence-corrected chi connectivity index (χ2v) is 4.40. The second-order valence-electron chi connectivity index (χ2n) is 4.40. The molecule has 0 fully saturated rings. The van der Waals surface area contributed by atoms with E-state index in [1.54, 1.807) is 19.2 Å². The zero-order valence-corrected chi connectivity index (χ0v) is 10.9. The van der Waals surface area contributed by atoms with E-state index in [0.717, 1.165) is 6.07 Å². The van der Waals surface area contributed by atoms with Gasteiger partial charge in [-0.3, -0.25) is 0 Å². The number of anilines is 1. The lowest BCUT2D eigenvalue weighted by Crippen LogP contribution is -2.08. The summed E-state index contributed by atoms with van der Waals surface area (Å²) in [6.45, 7) is 3.16. The Hall–Kier alpha value is -2.31. The fourth-order valence-corrected chi connectivity index (χ4v) is 1.75. The quantitative estimate of drug-likeness (QED) is 0.861. The van der Waals surface area contributed by atoms with Gasteiger partial charge in [0.15, 0.2) is 0 Å². The monoisotopic (exact) mass is 282 g/mol. The molecule has 2 rings (SSSR count). The number of rotatable bonds is 2. The van der Waals surface area contributed by atoms with Crippen LogP contribution < -0.4 is 5.73 Å². The molecule has 0 aliphatic rings. The van der Waals surface area contributed by atoms with Crippen LogP contribution in [-0.4, -0.2) is 15.9 Å². The zero-order valence-electron chi connectivity index (χ0n) is 10.9. The molecule has 4 nitrogen and oxygen atoms in total. The third-order valence-corrected chi connectivity index (χ3v) is 2.73. The molecule has 1 heterocycles. The molecule has 0 bridgehead atoms. The lowest BCUT2D eigenvalue weighted by atomic mass is 10.1. The molecule has 2 N–H and O–H groups in total. The first-order valence-corrected chi connectivity index (χ1v) is 5.81.